The van der Waals surface area contributed by atoms with Crippen LogP contribution in [-0.4, -0.2) is 24.5 Å². The Morgan fingerprint density at radius 3 is 2.81 bits per heavy atom. The fraction of sp³-hybridized carbons (Fsp3) is 0.389. The monoisotopic (exact) mass is 283 g/mol. The minimum absolute atomic E-state index is 0.241. The maximum atomic E-state index is 11.4. The Kier molecular flexibility index (Phi) is 5.90. The van der Waals surface area contributed by atoms with E-state index in [1.807, 2.05) is 35.4 Å². The number of methoxy groups -OCH3 is 1. The molecule has 0 N–H and O–H groups in total. The molecular weight excluding hydrogens is 262 g/mol. The number of unbranched alkanes of at least 4 members (excludes halogenated alkanes) is 2. The summed E-state index contributed by atoms with van der Waals surface area (Å²) in [5.74, 6) is 7.40. The lowest BCUT2D eigenvalue weighted by molar-refractivity contribution is -0.125. The SMILES string of the molecule is COc1ccc(C#CCCC/C=C/N2CCCC2=O)cc1. The molecule has 21 heavy (non-hydrogen) atoms. The Morgan fingerprint density at radius 2 is 2.14 bits per heavy atom. The Morgan fingerprint density at radius 1 is 1.33 bits per heavy atom. The van der Waals surface area contributed by atoms with Crippen molar-refractivity contribution in [2.75, 3.05) is 13.7 Å². The predicted octanol–water partition coefficient (Wildman–Crippen LogP) is 3.35. The van der Waals surface area contributed by atoms with Crippen LogP contribution >= 0.6 is 0 Å². The van der Waals surface area contributed by atoms with Gasteiger partial charge in [0, 0.05) is 31.1 Å². The Hall–Kier alpha value is -2.21. The number of hydrogen-bond donors (Lipinski definition) is 0. The van der Waals surface area contributed by atoms with Crippen molar-refractivity contribution in [2.45, 2.75) is 32.1 Å². The molecule has 0 bridgehead atoms. The molecule has 0 radical (unpaired) electrons. The number of carbonyl (C=O) groups is 1. The third-order valence-corrected chi connectivity index (χ3v) is 3.39. The predicted molar refractivity (Wildman–Crippen MR) is 83.8 cm³/mol. The zero-order chi connectivity index (χ0) is 14.9. The van der Waals surface area contributed by atoms with Crippen LogP contribution in [0.25, 0.3) is 0 Å². The molecule has 0 spiro atoms. The standard InChI is InChI=1S/C18H21NO2/c1-21-17-12-10-16(11-13-17)8-5-3-2-4-6-14-19-15-7-9-18(19)20/h6,10-14H,2-4,7,9,15H2,1H3/b14-6+. The van der Waals surface area contributed by atoms with Gasteiger partial charge >= 0.3 is 0 Å². The quantitative estimate of drug-likeness (QED) is 0.612. The number of ether oxygens (including phenoxy) is 1. The van der Waals surface area contributed by atoms with Gasteiger partial charge in [0.25, 0.3) is 0 Å². The molecule has 0 atom stereocenters. The third kappa shape index (κ3) is 5.00. The Bertz CT molecular complexity index is 549. The lowest BCUT2D eigenvalue weighted by atomic mass is 10.2. The summed E-state index contributed by atoms with van der Waals surface area (Å²) in [6.07, 6.45) is 8.51. The molecule has 1 fully saturated rings. The van der Waals surface area contributed by atoms with Crippen LogP contribution in [0.2, 0.25) is 0 Å². The first kappa shape index (κ1) is 15.2. The first-order valence-corrected chi connectivity index (χ1v) is 7.38. The molecule has 1 amide bonds. The van der Waals surface area contributed by atoms with Gasteiger partial charge in [0.1, 0.15) is 5.75 Å². The summed E-state index contributed by atoms with van der Waals surface area (Å²) in [4.78, 5) is 13.2. The molecule has 1 aromatic rings. The van der Waals surface area contributed by atoms with Crippen LogP contribution in [0, 0.1) is 11.8 Å². The number of benzene rings is 1. The fourth-order valence-electron chi connectivity index (χ4n) is 2.18. The molecular formula is C18H21NO2. The molecule has 0 aliphatic carbocycles. The molecule has 0 saturated carbocycles. The van der Waals surface area contributed by atoms with Gasteiger partial charge in [0.15, 0.2) is 0 Å². The van der Waals surface area contributed by atoms with Gasteiger partial charge in [-0.15, -0.1) is 0 Å². The summed E-state index contributed by atoms with van der Waals surface area (Å²) in [7, 11) is 1.66. The maximum Gasteiger partial charge on any atom is 0.226 e. The molecule has 2 rings (SSSR count). The minimum Gasteiger partial charge on any atom is -0.497 e. The highest BCUT2D eigenvalue weighted by Crippen LogP contribution is 2.11. The van der Waals surface area contributed by atoms with Gasteiger partial charge in [0.2, 0.25) is 5.91 Å². The smallest absolute Gasteiger partial charge is 0.226 e. The fourth-order valence-corrected chi connectivity index (χ4v) is 2.18. The van der Waals surface area contributed by atoms with Crippen LogP contribution in [0.5, 0.6) is 5.75 Å². The van der Waals surface area contributed by atoms with Crippen molar-refractivity contribution in [3.8, 4) is 17.6 Å². The van der Waals surface area contributed by atoms with Crippen molar-refractivity contribution >= 4 is 5.91 Å². The molecule has 1 aliphatic heterocycles. The maximum absolute atomic E-state index is 11.4. The second-order valence-corrected chi connectivity index (χ2v) is 5.00. The van der Waals surface area contributed by atoms with Gasteiger partial charge in [-0.3, -0.25) is 4.79 Å². The first-order valence-electron chi connectivity index (χ1n) is 7.38. The van der Waals surface area contributed by atoms with Gasteiger partial charge in [-0.25, -0.2) is 0 Å². The van der Waals surface area contributed by atoms with Crippen LogP contribution in [0.1, 0.15) is 37.7 Å². The first-order chi connectivity index (χ1) is 10.3. The molecule has 3 nitrogen and oxygen atoms in total. The number of rotatable bonds is 5. The Balaban J connectivity index is 1.66. The van der Waals surface area contributed by atoms with Gasteiger partial charge in [-0.05, 0) is 43.5 Å². The molecule has 0 aromatic heterocycles. The van der Waals surface area contributed by atoms with Gasteiger partial charge < -0.3 is 9.64 Å². The number of nitrogens with zero attached hydrogens (tertiary/aromatic N) is 1. The zero-order valence-corrected chi connectivity index (χ0v) is 12.5. The van der Waals surface area contributed by atoms with E-state index in [1.165, 1.54) is 0 Å². The van der Waals surface area contributed by atoms with Crippen molar-refractivity contribution in [1.29, 1.82) is 0 Å². The molecule has 1 aliphatic rings. The van der Waals surface area contributed by atoms with E-state index in [-0.39, 0.29) is 5.91 Å². The average Bonchev–Trinajstić information content (AvgIpc) is 2.92. The van der Waals surface area contributed by atoms with Crippen molar-refractivity contribution < 1.29 is 9.53 Å². The van der Waals surface area contributed by atoms with E-state index in [2.05, 4.69) is 17.9 Å². The average molecular weight is 283 g/mol. The molecule has 1 aromatic carbocycles. The normalized spacial score (nSPS) is 14.3. The van der Waals surface area contributed by atoms with Crippen LogP contribution < -0.4 is 4.74 Å². The van der Waals surface area contributed by atoms with Crippen molar-refractivity contribution in [3.05, 3.63) is 42.1 Å². The number of likely N-dealkylation sites (tertiary alicyclic amines) is 1. The van der Waals surface area contributed by atoms with E-state index < -0.39 is 0 Å². The number of carbonyl (C=O) groups excluding carboxylic acids is 1. The number of amides is 1. The molecule has 3 heteroatoms. The van der Waals surface area contributed by atoms with Crippen molar-refractivity contribution in [1.82, 2.24) is 4.90 Å². The molecule has 0 unspecified atom stereocenters. The lowest BCUT2D eigenvalue weighted by Gasteiger charge is -2.07. The largest absolute Gasteiger partial charge is 0.497 e. The highest BCUT2D eigenvalue weighted by atomic mass is 16.5. The number of allylic oxidation sites excluding steroid dienone is 1. The second-order valence-electron chi connectivity index (χ2n) is 5.00. The van der Waals surface area contributed by atoms with E-state index in [0.29, 0.717) is 6.42 Å². The molecule has 1 heterocycles. The summed E-state index contributed by atoms with van der Waals surface area (Å²) >= 11 is 0. The summed E-state index contributed by atoms with van der Waals surface area (Å²) in [5, 5.41) is 0. The van der Waals surface area contributed by atoms with Crippen LogP contribution in [0.3, 0.4) is 0 Å². The lowest BCUT2D eigenvalue weighted by Crippen LogP contribution is -2.17. The highest BCUT2D eigenvalue weighted by Gasteiger charge is 2.16. The summed E-state index contributed by atoms with van der Waals surface area (Å²) in [6.45, 7) is 0.868. The molecule has 110 valence electrons. The van der Waals surface area contributed by atoms with E-state index in [1.54, 1.807) is 7.11 Å². The summed E-state index contributed by atoms with van der Waals surface area (Å²) < 4.78 is 5.11. The van der Waals surface area contributed by atoms with Gasteiger partial charge in [-0.1, -0.05) is 17.9 Å². The second kappa shape index (κ2) is 8.16. The third-order valence-electron chi connectivity index (χ3n) is 3.39. The summed E-state index contributed by atoms with van der Waals surface area (Å²) in [5.41, 5.74) is 1.01. The van der Waals surface area contributed by atoms with E-state index in [9.17, 15) is 4.79 Å². The van der Waals surface area contributed by atoms with E-state index >= 15 is 0 Å². The van der Waals surface area contributed by atoms with E-state index in [0.717, 1.165) is 43.5 Å². The van der Waals surface area contributed by atoms with Gasteiger partial charge in [-0.2, -0.15) is 0 Å². The zero-order valence-electron chi connectivity index (χ0n) is 12.5. The highest BCUT2D eigenvalue weighted by molar-refractivity contribution is 5.79. The Labute approximate surface area is 126 Å². The topological polar surface area (TPSA) is 29.5 Å². The van der Waals surface area contributed by atoms with Gasteiger partial charge in [0.05, 0.1) is 7.11 Å². The minimum atomic E-state index is 0.241. The van der Waals surface area contributed by atoms with Crippen LogP contribution in [0.15, 0.2) is 36.5 Å². The van der Waals surface area contributed by atoms with Crippen LogP contribution in [0.4, 0.5) is 0 Å². The van der Waals surface area contributed by atoms with Crippen LogP contribution in [-0.2, 0) is 4.79 Å². The van der Waals surface area contributed by atoms with E-state index in [4.69, 9.17) is 4.74 Å². The summed E-state index contributed by atoms with van der Waals surface area (Å²) in [6, 6.07) is 7.76. The van der Waals surface area contributed by atoms with Crippen molar-refractivity contribution in [3.63, 3.8) is 0 Å². The van der Waals surface area contributed by atoms with Crippen molar-refractivity contribution in [2.24, 2.45) is 0 Å². The number of hydrogen-bond acceptors (Lipinski definition) is 2. The molecule has 1 saturated heterocycles.